The SMILES string of the molecule is CCCCCCCCCCCCCCCCCCCCCCCCC(=O)OC[C@H](COP(=O)(O)OC[C@@H](O)COP(=O)(O)OC[C@@H](COC(=O)CCCCCCCCCCCCC)OC(=O)CCCCCCCCCCCCCCCCC)OC(=O)CCCCCCCCCCCCCCCCCCCCCCCC. The van der Waals surface area contributed by atoms with Crippen LogP contribution in [0.2, 0.25) is 0 Å². The number of carbonyl (C=O) groups excluding carboxylic acids is 4. The van der Waals surface area contributed by atoms with E-state index in [9.17, 15) is 43.2 Å². The van der Waals surface area contributed by atoms with Crippen molar-refractivity contribution in [3.8, 4) is 0 Å². The second-order valence-electron chi connectivity index (χ2n) is 32.7. The molecule has 0 saturated heterocycles. The highest BCUT2D eigenvalue weighted by Crippen LogP contribution is 2.45. The van der Waals surface area contributed by atoms with Gasteiger partial charge in [-0.15, -0.1) is 0 Å². The van der Waals surface area contributed by atoms with E-state index >= 15 is 0 Å². The first kappa shape index (κ1) is 108. The van der Waals surface area contributed by atoms with Crippen molar-refractivity contribution >= 4 is 39.5 Å². The summed E-state index contributed by atoms with van der Waals surface area (Å²) in [4.78, 5) is 73.4. The molecule has 0 aromatic carbocycles. The fraction of sp³-hybridized carbons (Fsp3) is 0.956. The molecular formula is C91H178O17P2. The fourth-order valence-electron chi connectivity index (χ4n) is 14.4. The van der Waals surface area contributed by atoms with Crippen molar-refractivity contribution < 1.29 is 80.2 Å². The van der Waals surface area contributed by atoms with Crippen molar-refractivity contribution in [2.24, 2.45) is 0 Å². The van der Waals surface area contributed by atoms with Crippen LogP contribution < -0.4 is 0 Å². The van der Waals surface area contributed by atoms with Crippen LogP contribution in [-0.4, -0.2) is 96.7 Å². The van der Waals surface area contributed by atoms with Crippen molar-refractivity contribution in [1.82, 2.24) is 0 Å². The zero-order chi connectivity index (χ0) is 80.3. The lowest BCUT2D eigenvalue weighted by atomic mass is 10.0. The topological polar surface area (TPSA) is 237 Å². The number of aliphatic hydroxyl groups is 1. The van der Waals surface area contributed by atoms with Crippen LogP contribution in [-0.2, 0) is 65.4 Å². The van der Waals surface area contributed by atoms with E-state index < -0.39 is 97.5 Å². The van der Waals surface area contributed by atoms with Crippen molar-refractivity contribution in [2.75, 3.05) is 39.6 Å². The summed E-state index contributed by atoms with van der Waals surface area (Å²) in [5.41, 5.74) is 0. The van der Waals surface area contributed by atoms with Gasteiger partial charge in [-0.25, -0.2) is 9.13 Å². The van der Waals surface area contributed by atoms with E-state index in [0.29, 0.717) is 25.7 Å². The molecule has 0 aromatic rings. The number of aliphatic hydroxyl groups excluding tert-OH is 1. The van der Waals surface area contributed by atoms with E-state index in [2.05, 4.69) is 27.7 Å². The summed E-state index contributed by atoms with van der Waals surface area (Å²) >= 11 is 0. The molecule has 0 rings (SSSR count). The number of unbranched alkanes of at least 4 members (excludes halogenated alkanes) is 66. The van der Waals surface area contributed by atoms with Crippen LogP contribution in [0.15, 0.2) is 0 Å². The molecule has 110 heavy (non-hydrogen) atoms. The molecular weight excluding hydrogens is 1430 g/mol. The molecule has 0 saturated carbocycles. The number of carbonyl (C=O) groups is 4. The standard InChI is InChI=1S/C91H178O17P2/c1-5-9-13-17-21-25-29-32-35-37-39-41-43-45-47-50-52-56-60-64-68-72-76-89(94)102-82-87(108-91(96)78-74-70-66-62-58-54-51-48-46-44-42-40-38-36-33-30-26-22-18-14-10-6-2)84-106-110(99,100)104-80-85(92)79-103-109(97,98)105-83-86(81-101-88(93)75-71-67-63-59-55-28-24-20-16-12-8-4)107-90(95)77-73-69-65-61-57-53-49-34-31-27-23-19-15-11-7-3/h85-87,92H,5-84H2,1-4H3,(H,97,98)(H,99,100)/t85-,86+,87+/m0/s1. The second kappa shape index (κ2) is 85.0. The van der Waals surface area contributed by atoms with Gasteiger partial charge in [-0.1, -0.05) is 451 Å². The minimum absolute atomic E-state index is 0.109. The highest BCUT2D eigenvalue weighted by atomic mass is 31.2. The summed E-state index contributed by atoms with van der Waals surface area (Å²) in [5, 5.41) is 10.7. The molecule has 19 heteroatoms. The second-order valence-corrected chi connectivity index (χ2v) is 35.6. The normalized spacial score (nSPS) is 13.6. The maximum Gasteiger partial charge on any atom is 0.472 e. The van der Waals surface area contributed by atoms with Crippen LogP contribution in [0.1, 0.15) is 503 Å². The summed E-state index contributed by atoms with van der Waals surface area (Å²) in [5.74, 6) is -2.09. The maximum absolute atomic E-state index is 13.2. The zero-order valence-corrected chi connectivity index (χ0v) is 74.0. The van der Waals surface area contributed by atoms with Gasteiger partial charge >= 0.3 is 39.5 Å². The Morgan fingerprint density at radius 1 is 0.218 bits per heavy atom. The maximum atomic E-state index is 13.2. The lowest BCUT2D eigenvalue weighted by Crippen LogP contribution is -2.30. The molecule has 0 radical (unpaired) electrons. The van der Waals surface area contributed by atoms with E-state index in [4.69, 9.17) is 37.0 Å². The fourth-order valence-corrected chi connectivity index (χ4v) is 16.0. The molecule has 0 heterocycles. The van der Waals surface area contributed by atoms with Gasteiger partial charge in [-0.3, -0.25) is 37.3 Å². The minimum atomic E-state index is -4.97. The van der Waals surface area contributed by atoms with Gasteiger partial charge in [0.05, 0.1) is 26.4 Å². The van der Waals surface area contributed by atoms with Crippen LogP contribution in [0.25, 0.3) is 0 Å². The minimum Gasteiger partial charge on any atom is -0.462 e. The summed E-state index contributed by atoms with van der Waals surface area (Å²) in [6.45, 7) is 5.08. The first-order chi connectivity index (χ1) is 53.7. The molecule has 3 N–H and O–H groups in total. The Kier molecular flexibility index (Phi) is 83.5. The smallest absolute Gasteiger partial charge is 0.462 e. The van der Waals surface area contributed by atoms with Crippen LogP contribution in [0, 0.1) is 0 Å². The van der Waals surface area contributed by atoms with Crippen LogP contribution in [0.3, 0.4) is 0 Å². The number of hydrogen-bond donors (Lipinski definition) is 3. The Labute approximate surface area is 677 Å². The summed E-state index contributed by atoms with van der Waals surface area (Å²) < 4.78 is 69.0. The molecule has 0 spiro atoms. The number of phosphoric ester groups is 2. The molecule has 0 aliphatic heterocycles. The van der Waals surface area contributed by atoms with Gasteiger partial charge < -0.3 is 33.8 Å². The van der Waals surface area contributed by atoms with Gasteiger partial charge in [0.1, 0.15) is 19.3 Å². The number of esters is 4. The van der Waals surface area contributed by atoms with Gasteiger partial charge in [0, 0.05) is 25.7 Å². The Morgan fingerprint density at radius 3 is 0.536 bits per heavy atom. The molecule has 0 aromatic heterocycles. The van der Waals surface area contributed by atoms with Crippen LogP contribution in [0.5, 0.6) is 0 Å². The predicted molar refractivity (Wildman–Crippen MR) is 455 cm³/mol. The molecule has 5 atom stereocenters. The summed E-state index contributed by atoms with van der Waals surface area (Å²) in [6, 6.07) is 0. The van der Waals surface area contributed by atoms with E-state index in [1.165, 1.54) is 334 Å². The van der Waals surface area contributed by atoms with Crippen molar-refractivity contribution in [2.45, 2.75) is 521 Å². The first-order valence-electron chi connectivity index (χ1n) is 47.3. The number of ether oxygens (including phenoxy) is 4. The Balaban J connectivity index is 5.21. The van der Waals surface area contributed by atoms with Crippen LogP contribution >= 0.6 is 15.6 Å². The monoisotopic (exact) mass is 1610 g/mol. The third-order valence-corrected chi connectivity index (χ3v) is 23.5. The van der Waals surface area contributed by atoms with Crippen LogP contribution in [0.4, 0.5) is 0 Å². The van der Waals surface area contributed by atoms with Crippen molar-refractivity contribution in [3.63, 3.8) is 0 Å². The van der Waals surface area contributed by atoms with Gasteiger partial charge in [0.2, 0.25) is 0 Å². The first-order valence-corrected chi connectivity index (χ1v) is 50.3. The Morgan fingerprint density at radius 2 is 0.364 bits per heavy atom. The van der Waals surface area contributed by atoms with Gasteiger partial charge in [-0.05, 0) is 25.7 Å². The van der Waals surface area contributed by atoms with Gasteiger partial charge in [-0.2, -0.15) is 0 Å². The largest absolute Gasteiger partial charge is 0.472 e. The molecule has 2 unspecified atom stereocenters. The average Bonchev–Trinajstić information content (AvgIpc) is 0.925. The molecule has 0 aliphatic rings. The Hall–Kier alpha value is -1.94. The number of rotatable bonds is 92. The average molecular weight is 1610 g/mol. The quantitative estimate of drug-likeness (QED) is 0.0222. The molecule has 654 valence electrons. The summed E-state index contributed by atoms with van der Waals surface area (Å²) in [6.07, 6.45) is 82.1. The predicted octanol–water partition coefficient (Wildman–Crippen LogP) is 28.5. The molecule has 0 aliphatic carbocycles. The lowest BCUT2D eigenvalue weighted by molar-refractivity contribution is -0.161. The number of phosphoric acid groups is 2. The van der Waals surface area contributed by atoms with Gasteiger partial charge in [0.25, 0.3) is 0 Å². The molecule has 17 nitrogen and oxygen atoms in total. The molecule has 0 bridgehead atoms. The highest BCUT2D eigenvalue weighted by molar-refractivity contribution is 7.47. The lowest BCUT2D eigenvalue weighted by Gasteiger charge is -2.21. The highest BCUT2D eigenvalue weighted by Gasteiger charge is 2.31. The van der Waals surface area contributed by atoms with Crippen molar-refractivity contribution in [1.29, 1.82) is 0 Å². The van der Waals surface area contributed by atoms with E-state index in [1.54, 1.807) is 0 Å². The molecule has 0 amide bonds. The van der Waals surface area contributed by atoms with E-state index in [1.807, 2.05) is 0 Å². The van der Waals surface area contributed by atoms with E-state index in [0.717, 1.165) is 89.9 Å². The number of hydrogen-bond acceptors (Lipinski definition) is 15. The van der Waals surface area contributed by atoms with Gasteiger partial charge in [0.15, 0.2) is 12.2 Å². The van der Waals surface area contributed by atoms with Crippen molar-refractivity contribution in [3.05, 3.63) is 0 Å². The Bertz CT molecular complexity index is 2070. The summed E-state index contributed by atoms with van der Waals surface area (Å²) in [7, 11) is -9.93. The zero-order valence-electron chi connectivity index (χ0n) is 72.3. The molecule has 0 fully saturated rings. The third-order valence-electron chi connectivity index (χ3n) is 21.6. The van der Waals surface area contributed by atoms with E-state index in [-0.39, 0.29) is 25.7 Å². The third kappa shape index (κ3) is 84.0.